The van der Waals surface area contributed by atoms with E-state index in [2.05, 4.69) is 14.7 Å². The van der Waals surface area contributed by atoms with Crippen LogP contribution in [-0.2, 0) is 6.18 Å². The van der Waals surface area contributed by atoms with E-state index in [1.807, 2.05) is 11.8 Å². The van der Waals surface area contributed by atoms with Crippen molar-refractivity contribution in [1.29, 1.82) is 0 Å². The summed E-state index contributed by atoms with van der Waals surface area (Å²) in [6, 6.07) is 0.211. The second-order valence-electron chi connectivity index (χ2n) is 4.55. The highest BCUT2D eigenvalue weighted by Gasteiger charge is 2.37. The van der Waals surface area contributed by atoms with Gasteiger partial charge in [-0.2, -0.15) is 22.5 Å². The van der Waals surface area contributed by atoms with Gasteiger partial charge in [0.25, 0.3) is 0 Å². The van der Waals surface area contributed by atoms with Crippen molar-refractivity contribution in [3.05, 3.63) is 5.82 Å². The first-order valence-electron chi connectivity index (χ1n) is 6.40. The standard InChI is InChI=1S/C11H17F3N4S/c1-2-15-7-8-5-3-4-6-18(8)10-16-9(17-19-10)11(12,13)14/h8,15H,2-7H2,1H3. The molecule has 0 saturated carbocycles. The van der Waals surface area contributed by atoms with Crippen molar-refractivity contribution in [1.82, 2.24) is 14.7 Å². The summed E-state index contributed by atoms with van der Waals surface area (Å²) in [6.07, 6.45) is -1.38. The van der Waals surface area contributed by atoms with Gasteiger partial charge < -0.3 is 10.2 Å². The van der Waals surface area contributed by atoms with Gasteiger partial charge in [-0.25, -0.2) is 0 Å². The van der Waals surface area contributed by atoms with E-state index in [-0.39, 0.29) is 6.04 Å². The van der Waals surface area contributed by atoms with E-state index in [1.165, 1.54) is 0 Å². The molecule has 1 aromatic heterocycles. The molecule has 2 heterocycles. The minimum Gasteiger partial charge on any atom is -0.343 e. The Hall–Kier alpha value is -0.890. The van der Waals surface area contributed by atoms with Crippen LogP contribution < -0.4 is 10.2 Å². The molecule has 0 amide bonds. The molecule has 1 aliphatic rings. The van der Waals surface area contributed by atoms with E-state index in [9.17, 15) is 13.2 Å². The third-order valence-electron chi connectivity index (χ3n) is 3.17. The molecular weight excluding hydrogens is 277 g/mol. The fourth-order valence-electron chi connectivity index (χ4n) is 2.22. The third-order valence-corrected chi connectivity index (χ3v) is 3.92. The molecule has 2 rings (SSSR count). The molecule has 1 atom stereocenters. The number of hydrogen-bond donors (Lipinski definition) is 1. The van der Waals surface area contributed by atoms with Crippen molar-refractivity contribution in [3.63, 3.8) is 0 Å². The molecule has 4 nitrogen and oxygen atoms in total. The lowest BCUT2D eigenvalue weighted by Gasteiger charge is -2.35. The first-order valence-corrected chi connectivity index (χ1v) is 7.18. The Balaban J connectivity index is 2.11. The van der Waals surface area contributed by atoms with E-state index in [0.29, 0.717) is 5.13 Å². The van der Waals surface area contributed by atoms with Crippen molar-refractivity contribution in [3.8, 4) is 0 Å². The van der Waals surface area contributed by atoms with Gasteiger partial charge in [-0.1, -0.05) is 6.92 Å². The third kappa shape index (κ3) is 3.56. The first kappa shape index (κ1) is 14.5. The Bertz CT molecular complexity index is 407. The van der Waals surface area contributed by atoms with E-state index in [0.717, 1.165) is 50.4 Å². The first-order chi connectivity index (χ1) is 9.02. The monoisotopic (exact) mass is 294 g/mol. The van der Waals surface area contributed by atoms with Crippen LogP contribution in [0.15, 0.2) is 0 Å². The molecule has 1 aromatic rings. The number of alkyl halides is 3. The quantitative estimate of drug-likeness (QED) is 0.926. The number of anilines is 1. The second kappa shape index (κ2) is 6.04. The van der Waals surface area contributed by atoms with Crippen LogP contribution in [0.25, 0.3) is 0 Å². The fraction of sp³-hybridized carbons (Fsp3) is 0.818. The highest BCUT2D eigenvalue weighted by Crippen LogP contribution is 2.32. The molecule has 1 unspecified atom stereocenters. The number of nitrogens with zero attached hydrogens (tertiary/aromatic N) is 3. The smallest absolute Gasteiger partial charge is 0.343 e. The van der Waals surface area contributed by atoms with Crippen molar-refractivity contribution in [2.24, 2.45) is 0 Å². The van der Waals surface area contributed by atoms with Crippen LogP contribution in [0.3, 0.4) is 0 Å². The predicted octanol–water partition coefficient (Wildman–Crippen LogP) is 2.53. The maximum Gasteiger partial charge on any atom is 0.452 e. The Morgan fingerprint density at radius 2 is 2.21 bits per heavy atom. The Labute approximate surface area is 114 Å². The van der Waals surface area contributed by atoms with Crippen LogP contribution >= 0.6 is 11.5 Å². The summed E-state index contributed by atoms with van der Waals surface area (Å²) in [4.78, 5) is 5.60. The van der Waals surface area contributed by atoms with Crippen molar-refractivity contribution in [2.45, 2.75) is 38.4 Å². The van der Waals surface area contributed by atoms with E-state index in [4.69, 9.17) is 0 Å². The molecule has 8 heteroatoms. The van der Waals surface area contributed by atoms with Gasteiger partial charge in [0.05, 0.1) is 0 Å². The zero-order valence-corrected chi connectivity index (χ0v) is 11.5. The summed E-state index contributed by atoms with van der Waals surface area (Å²) in [7, 11) is 0. The van der Waals surface area contributed by atoms with Crippen molar-refractivity contribution in [2.75, 3.05) is 24.5 Å². The molecule has 1 fully saturated rings. The number of rotatable bonds is 4. The van der Waals surface area contributed by atoms with E-state index < -0.39 is 12.0 Å². The van der Waals surface area contributed by atoms with Gasteiger partial charge >= 0.3 is 6.18 Å². The highest BCUT2D eigenvalue weighted by molar-refractivity contribution is 7.09. The predicted molar refractivity (Wildman–Crippen MR) is 68.4 cm³/mol. The number of hydrogen-bond acceptors (Lipinski definition) is 5. The summed E-state index contributed by atoms with van der Waals surface area (Å²) < 4.78 is 41.0. The lowest BCUT2D eigenvalue weighted by atomic mass is 10.0. The summed E-state index contributed by atoms with van der Waals surface area (Å²) in [5.74, 6) is -1.03. The molecule has 0 bridgehead atoms. The Kier molecular flexibility index (Phi) is 4.62. The van der Waals surface area contributed by atoms with Gasteiger partial charge in [0.2, 0.25) is 11.0 Å². The van der Waals surface area contributed by atoms with Crippen molar-refractivity contribution >= 4 is 16.7 Å². The average Bonchev–Trinajstić information content (AvgIpc) is 2.86. The highest BCUT2D eigenvalue weighted by atomic mass is 32.1. The summed E-state index contributed by atoms with van der Waals surface area (Å²) in [5.41, 5.74) is 0. The SMILES string of the molecule is CCNCC1CCCCN1c1nc(C(F)(F)F)ns1. The molecule has 19 heavy (non-hydrogen) atoms. The number of likely N-dealkylation sites (N-methyl/N-ethyl adjacent to an activating group) is 1. The average molecular weight is 294 g/mol. The van der Waals surface area contributed by atoms with Gasteiger partial charge in [-0.3, -0.25) is 0 Å². The number of aromatic nitrogens is 2. The second-order valence-corrected chi connectivity index (χ2v) is 5.28. The Morgan fingerprint density at radius 1 is 1.42 bits per heavy atom. The van der Waals surface area contributed by atoms with Crippen LogP contribution in [0.5, 0.6) is 0 Å². The van der Waals surface area contributed by atoms with Crippen LogP contribution in [-0.4, -0.2) is 35.0 Å². The van der Waals surface area contributed by atoms with Crippen LogP contribution in [0.4, 0.5) is 18.3 Å². The minimum absolute atomic E-state index is 0.211. The summed E-state index contributed by atoms with van der Waals surface area (Å²) in [6.45, 7) is 4.40. The lowest BCUT2D eigenvalue weighted by molar-refractivity contribution is -0.144. The number of piperidine rings is 1. The largest absolute Gasteiger partial charge is 0.452 e. The molecule has 0 radical (unpaired) electrons. The van der Waals surface area contributed by atoms with Crippen molar-refractivity contribution < 1.29 is 13.2 Å². The molecule has 1 N–H and O–H groups in total. The van der Waals surface area contributed by atoms with Gasteiger partial charge in [0.1, 0.15) is 0 Å². The van der Waals surface area contributed by atoms with Gasteiger partial charge in [-0.15, -0.1) is 0 Å². The Morgan fingerprint density at radius 3 is 2.84 bits per heavy atom. The van der Waals surface area contributed by atoms with Gasteiger partial charge in [-0.05, 0) is 25.8 Å². The van der Waals surface area contributed by atoms with Gasteiger partial charge in [0.15, 0.2) is 0 Å². The molecule has 1 saturated heterocycles. The minimum atomic E-state index is -4.46. The lowest BCUT2D eigenvalue weighted by Crippen LogP contribution is -2.45. The van der Waals surface area contributed by atoms with Gasteiger partial charge in [0, 0.05) is 30.7 Å². The molecule has 0 aliphatic carbocycles. The maximum absolute atomic E-state index is 12.5. The zero-order chi connectivity index (χ0) is 13.9. The fourth-order valence-corrected chi connectivity index (χ4v) is 3.01. The van der Waals surface area contributed by atoms with Crippen LogP contribution in [0, 0.1) is 0 Å². The van der Waals surface area contributed by atoms with E-state index in [1.54, 1.807) is 0 Å². The van der Waals surface area contributed by atoms with E-state index >= 15 is 0 Å². The normalized spacial score (nSPS) is 20.8. The van der Waals surface area contributed by atoms with Crippen LogP contribution in [0.2, 0.25) is 0 Å². The summed E-state index contributed by atoms with van der Waals surface area (Å²) >= 11 is 0.837. The number of nitrogens with one attached hydrogen (secondary N) is 1. The zero-order valence-electron chi connectivity index (χ0n) is 10.7. The topological polar surface area (TPSA) is 41.0 Å². The summed E-state index contributed by atoms with van der Waals surface area (Å²) in [5, 5.41) is 3.63. The molecule has 1 aliphatic heterocycles. The molecule has 0 aromatic carbocycles. The maximum atomic E-state index is 12.5. The van der Waals surface area contributed by atoms with Crippen LogP contribution in [0.1, 0.15) is 32.0 Å². The molecule has 108 valence electrons. The molecular formula is C11H17F3N4S. The molecule has 0 spiro atoms. The number of halogens is 3.